The average Bonchev–Trinajstić information content (AvgIpc) is 2.41. The molecule has 0 aliphatic rings. The standard InChI is InChI=1S/C17H19ClFN/c1-11(2)9-12-3-5-13(6-4-12)17(20)15-10-14(18)7-8-16(15)19/h3-8,10-11,17H,9,20H2,1-2H3. The van der Waals surface area contributed by atoms with Crippen molar-refractivity contribution < 1.29 is 4.39 Å². The topological polar surface area (TPSA) is 26.0 Å². The smallest absolute Gasteiger partial charge is 0.128 e. The van der Waals surface area contributed by atoms with Crippen molar-refractivity contribution >= 4 is 11.6 Å². The van der Waals surface area contributed by atoms with Gasteiger partial charge in [-0.15, -0.1) is 0 Å². The van der Waals surface area contributed by atoms with Crippen LogP contribution in [0.1, 0.15) is 36.6 Å². The van der Waals surface area contributed by atoms with Gasteiger partial charge in [-0.1, -0.05) is 49.7 Å². The average molecular weight is 292 g/mol. The molecule has 3 heteroatoms. The fourth-order valence-electron chi connectivity index (χ4n) is 2.26. The second-order valence-electron chi connectivity index (χ2n) is 5.48. The Balaban J connectivity index is 2.24. The van der Waals surface area contributed by atoms with Crippen molar-refractivity contribution in [1.82, 2.24) is 0 Å². The quantitative estimate of drug-likeness (QED) is 0.866. The second-order valence-corrected chi connectivity index (χ2v) is 5.92. The van der Waals surface area contributed by atoms with E-state index in [0.717, 1.165) is 12.0 Å². The summed E-state index contributed by atoms with van der Waals surface area (Å²) in [6.07, 6.45) is 1.03. The summed E-state index contributed by atoms with van der Waals surface area (Å²) in [6.45, 7) is 4.36. The lowest BCUT2D eigenvalue weighted by atomic mass is 9.96. The van der Waals surface area contributed by atoms with E-state index in [0.29, 0.717) is 16.5 Å². The van der Waals surface area contributed by atoms with Gasteiger partial charge >= 0.3 is 0 Å². The van der Waals surface area contributed by atoms with E-state index in [9.17, 15) is 4.39 Å². The number of halogens is 2. The first-order valence-corrected chi connectivity index (χ1v) is 7.14. The number of benzene rings is 2. The highest BCUT2D eigenvalue weighted by Gasteiger charge is 2.14. The van der Waals surface area contributed by atoms with Gasteiger partial charge in [0.1, 0.15) is 5.82 Å². The molecule has 0 amide bonds. The molecular formula is C17H19ClFN. The summed E-state index contributed by atoms with van der Waals surface area (Å²) < 4.78 is 13.8. The van der Waals surface area contributed by atoms with Gasteiger partial charge in [-0.2, -0.15) is 0 Å². The molecule has 0 heterocycles. The van der Waals surface area contributed by atoms with Crippen LogP contribution in [0.15, 0.2) is 42.5 Å². The SMILES string of the molecule is CC(C)Cc1ccc(C(N)c2cc(Cl)ccc2F)cc1. The molecule has 0 fully saturated rings. The zero-order valence-electron chi connectivity index (χ0n) is 11.7. The maximum absolute atomic E-state index is 13.8. The van der Waals surface area contributed by atoms with Crippen molar-refractivity contribution in [2.24, 2.45) is 11.7 Å². The summed E-state index contributed by atoms with van der Waals surface area (Å²) in [7, 11) is 0. The lowest BCUT2D eigenvalue weighted by Crippen LogP contribution is -2.13. The summed E-state index contributed by atoms with van der Waals surface area (Å²) in [4.78, 5) is 0. The van der Waals surface area contributed by atoms with E-state index in [1.807, 2.05) is 12.1 Å². The van der Waals surface area contributed by atoms with Crippen molar-refractivity contribution in [3.63, 3.8) is 0 Å². The summed E-state index contributed by atoms with van der Waals surface area (Å²) >= 11 is 5.91. The Bertz CT molecular complexity index is 578. The Morgan fingerprint density at radius 2 is 1.75 bits per heavy atom. The lowest BCUT2D eigenvalue weighted by molar-refractivity contribution is 0.599. The van der Waals surface area contributed by atoms with Gasteiger partial charge in [0.2, 0.25) is 0 Å². The third-order valence-electron chi connectivity index (χ3n) is 3.28. The molecule has 0 aromatic heterocycles. The third-order valence-corrected chi connectivity index (χ3v) is 3.51. The molecule has 0 saturated carbocycles. The Morgan fingerprint density at radius 3 is 2.35 bits per heavy atom. The maximum Gasteiger partial charge on any atom is 0.128 e. The van der Waals surface area contributed by atoms with Crippen LogP contribution in [0.3, 0.4) is 0 Å². The molecule has 1 nitrogen and oxygen atoms in total. The van der Waals surface area contributed by atoms with E-state index in [2.05, 4.69) is 26.0 Å². The van der Waals surface area contributed by atoms with Crippen LogP contribution in [0.2, 0.25) is 5.02 Å². The molecule has 2 aromatic carbocycles. The first-order valence-electron chi connectivity index (χ1n) is 6.76. The van der Waals surface area contributed by atoms with Crippen molar-refractivity contribution in [3.8, 4) is 0 Å². The van der Waals surface area contributed by atoms with E-state index >= 15 is 0 Å². The highest BCUT2D eigenvalue weighted by molar-refractivity contribution is 6.30. The molecule has 1 unspecified atom stereocenters. The first-order chi connectivity index (χ1) is 9.47. The van der Waals surface area contributed by atoms with Gasteiger partial charge in [0.25, 0.3) is 0 Å². The van der Waals surface area contributed by atoms with Crippen LogP contribution in [-0.4, -0.2) is 0 Å². The van der Waals surface area contributed by atoms with Gasteiger partial charge in [-0.05, 0) is 41.7 Å². The predicted octanol–water partition coefficient (Wildman–Crippen LogP) is 4.73. The fraction of sp³-hybridized carbons (Fsp3) is 0.294. The van der Waals surface area contributed by atoms with E-state index in [4.69, 9.17) is 17.3 Å². The molecule has 106 valence electrons. The zero-order chi connectivity index (χ0) is 14.7. The summed E-state index contributed by atoms with van der Waals surface area (Å²) in [5.74, 6) is 0.285. The van der Waals surface area contributed by atoms with Crippen LogP contribution < -0.4 is 5.73 Å². The molecule has 1 atom stereocenters. The molecule has 2 N–H and O–H groups in total. The van der Waals surface area contributed by atoms with Crippen molar-refractivity contribution in [3.05, 3.63) is 70.0 Å². The number of hydrogen-bond donors (Lipinski definition) is 1. The van der Waals surface area contributed by atoms with E-state index < -0.39 is 6.04 Å². The lowest BCUT2D eigenvalue weighted by Gasteiger charge is -2.15. The maximum atomic E-state index is 13.8. The van der Waals surface area contributed by atoms with Crippen LogP contribution in [-0.2, 0) is 6.42 Å². The largest absolute Gasteiger partial charge is 0.320 e. The summed E-state index contributed by atoms with van der Waals surface area (Å²) in [5, 5.41) is 0.494. The molecular weight excluding hydrogens is 273 g/mol. The normalized spacial score (nSPS) is 12.7. The van der Waals surface area contributed by atoms with E-state index in [1.165, 1.54) is 17.7 Å². The molecule has 0 aliphatic heterocycles. The van der Waals surface area contributed by atoms with Gasteiger partial charge in [0.05, 0.1) is 6.04 Å². The molecule has 0 radical (unpaired) electrons. The second kappa shape index (κ2) is 6.38. The van der Waals surface area contributed by atoms with Gasteiger partial charge < -0.3 is 5.73 Å². The Kier molecular flexibility index (Phi) is 4.79. The Hall–Kier alpha value is -1.38. The minimum Gasteiger partial charge on any atom is -0.320 e. The number of rotatable bonds is 4. The highest BCUT2D eigenvalue weighted by atomic mass is 35.5. The van der Waals surface area contributed by atoms with Crippen LogP contribution in [0.4, 0.5) is 4.39 Å². The van der Waals surface area contributed by atoms with Crippen LogP contribution in [0.5, 0.6) is 0 Å². The molecule has 2 rings (SSSR count). The first kappa shape index (κ1) is 15.0. The minimum atomic E-state index is -0.498. The summed E-state index contributed by atoms with van der Waals surface area (Å²) in [6, 6.07) is 12.0. The molecule has 2 aromatic rings. The van der Waals surface area contributed by atoms with Gasteiger partial charge in [-0.25, -0.2) is 4.39 Å². The van der Waals surface area contributed by atoms with E-state index in [-0.39, 0.29) is 5.82 Å². The zero-order valence-corrected chi connectivity index (χ0v) is 12.5. The van der Waals surface area contributed by atoms with Crippen LogP contribution >= 0.6 is 11.6 Å². The Morgan fingerprint density at radius 1 is 1.10 bits per heavy atom. The molecule has 0 saturated heterocycles. The van der Waals surface area contributed by atoms with Crippen molar-refractivity contribution in [2.45, 2.75) is 26.3 Å². The number of hydrogen-bond acceptors (Lipinski definition) is 1. The van der Waals surface area contributed by atoms with Gasteiger partial charge in [0, 0.05) is 10.6 Å². The molecule has 20 heavy (non-hydrogen) atoms. The Labute approximate surface area is 124 Å². The van der Waals surface area contributed by atoms with Crippen LogP contribution in [0, 0.1) is 11.7 Å². The molecule has 0 bridgehead atoms. The van der Waals surface area contributed by atoms with Crippen molar-refractivity contribution in [1.29, 1.82) is 0 Å². The molecule has 0 spiro atoms. The van der Waals surface area contributed by atoms with Crippen LogP contribution in [0.25, 0.3) is 0 Å². The van der Waals surface area contributed by atoms with Gasteiger partial charge in [-0.3, -0.25) is 0 Å². The minimum absolute atomic E-state index is 0.326. The monoisotopic (exact) mass is 291 g/mol. The third kappa shape index (κ3) is 3.59. The van der Waals surface area contributed by atoms with Gasteiger partial charge in [0.15, 0.2) is 0 Å². The fourth-order valence-corrected chi connectivity index (χ4v) is 2.45. The van der Waals surface area contributed by atoms with Crippen molar-refractivity contribution in [2.75, 3.05) is 0 Å². The predicted molar refractivity (Wildman–Crippen MR) is 82.4 cm³/mol. The number of nitrogens with two attached hydrogens (primary N) is 1. The highest BCUT2D eigenvalue weighted by Crippen LogP contribution is 2.25. The molecule has 0 aliphatic carbocycles. The van der Waals surface area contributed by atoms with E-state index in [1.54, 1.807) is 6.07 Å². The summed E-state index contributed by atoms with van der Waals surface area (Å²) in [5.41, 5.74) is 8.72.